The predicted molar refractivity (Wildman–Crippen MR) is 91.0 cm³/mol. The van der Waals surface area contributed by atoms with Gasteiger partial charge in [-0.05, 0) is 18.6 Å². The normalized spacial score (nSPS) is 11.9. The van der Waals surface area contributed by atoms with Crippen LogP contribution in [0.3, 0.4) is 0 Å². The van der Waals surface area contributed by atoms with Crippen LogP contribution in [0.2, 0.25) is 0 Å². The van der Waals surface area contributed by atoms with E-state index in [9.17, 15) is 8.42 Å². The molecule has 23 heavy (non-hydrogen) atoms. The third-order valence-electron chi connectivity index (χ3n) is 3.50. The van der Waals surface area contributed by atoms with Gasteiger partial charge in [-0.2, -0.15) is 0 Å². The van der Waals surface area contributed by atoms with E-state index in [-0.39, 0.29) is 4.21 Å². The summed E-state index contributed by atoms with van der Waals surface area (Å²) in [6.45, 7) is 0.681. The summed E-state index contributed by atoms with van der Waals surface area (Å²) in [5.41, 5.74) is 2.11. The minimum atomic E-state index is -3.67. The first-order valence-corrected chi connectivity index (χ1v) is 9.44. The molecule has 0 aliphatic heterocycles. The van der Waals surface area contributed by atoms with Crippen LogP contribution in [0.4, 0.5) is 5.13 Å². The van der Waals surface area contributed by atoms with Crippen LogP contribution in [-0.4, -0.2) is 29.5 Å². The number of benzene rings is 1. The highest BCUT2D eigenvalue weighted by Gasteiger charge is 2.12. The van der Waals surface area contributed by atoms with Crippen molar-refractivity contribution in [1.29, 1.82) is 0 Å². The molecule has 0 spiro atoms. The number of para-hydroxylation sites is 2. The number of hydrogen-bond donors (Lipinski definition) is 2. The van der Waals surface area contributed by atoms with Gasteiger partial charge in [0.05, 0.1) is 17.2 Å². The minimum absolute atomic E-state index is 0.0651. The topological polar surface area (TPSA) is 103 Å². The van der Waals surface area contributed by atoms with E-state index in [1.54, 1.807) is 0 Å². The summed E-state index contributed by atoms with van der Waals surface area (Å²) >= 11 is 1.04. The van der Waals surface area contributed by atoms with E-state index < -0.39 is 10.0 Å². The van der Waals surface area contributed by atoms with Gasteiger partial charge in [0.15, 0.2) is 9.34 Å². The van der Waals surface area contributed by atoms with E-state index >= 15 is 0 Å². The van der Waals surface area contributed by atoms with Gasteiger partial charge in [-0.15, -0.1) is 0 Å². The summed E-state index contributed by atoms with van der Waals surface area (Å²) in [6.07, 6.45) is 2.96. The number of rotatable bonds is 6. The molecule has 7 nitrogen and oxygen atoms in total. The fourth-order valence-corrected chi connectivity index (χ4v) is 3.81. The number of aromatic nitrogens is 3. The number of sulfonamides is 1. The van der Waals surface area contributed by atoms with Crippen LogP contribution in [-0.2, 0) is 23.5 Å². The molecule has 3 aromatic rings. The first kappa shape index (κ1) is 15.9. The van der Waals surface area contributed by atoms with Crippen LogP contribution in [0.15, 0.2) is 34.7 Å². The Balaban J connectivity index is 1.57. The van der Waals surface area contributed by atoms with E-state index in [0.29, 0.717) is 11.7 Å². The Bertz CT molecular complexity index is 930. The Kier molecular flexibility index (Phi) is 4.33. The summed E-state index contributed by atoms with van der Waals surface area (Å²) in [5, 5.41) is 8.72. The quantitative estimate of drug-likeness (QED) is 0.658. The van der Waals surface area contributed by atoms with Gasteiger partial charge in [-0.25, -0.2) is 23.5 Å². The van der Waals surface area contributed by atoms with E-state index in [4.69, 9.17) is 5.14 Å². The minimum Gasteiger partial charge on any atom is -0.361 e. The molecule has 0 saturated heterocycles. The van der Waals surface area contributed by atoms with Gasteiger partial charge in [-0.3, -0.25) is 0 Å². The van der Waals surface area contributed by atoms with Crippen LogP contribution in [0.1, 0.15) is 12.2 Å². The number of fused-ring (bicyclic) bond motifs is 1. The number of nitrogens with two attached hydrogens (primary N) is 1. The summed E-state index contributed by atoms with van der Waals surface area (Å²) in [4.78, 5) is 8.63. The molecular weight excluding hydrogens is 334 g/mol. The van der Waals surface area contributed by atoms with Crippen LogP contribution < -0.4 is 10.5 Å². The molecule has 0 fully saturated rings. The predicted octanol–water partition coefficient (Wildman–Crippen LogP) is 1.72. The smallest absolute Gasteiger partial charge is 0.249 e. The standard InChI is InChI=1S/C14H17N5O2S2/c1-19-11-6-3-2-5-10(11)18-12(19)7-4-8-16-14-17-9-13(22-14)23(15,20)21/h2-3,5-6,9H,4,7-8H2,1H3,(H,16,17)(H2,15,20,21). The lowest BCUT2D eigenvalue weighted by Gasteiger charge is -2.03. The van der Waals surface area contributed by atoms with Gasteiger partial charge in [0, 0.05) is 20.0 Å². The Morgan fingerprint density at radius 2 is 2.13 bits per heavy atom. The van der Waals surface area contributed by atoms with Crippen molar-refractivity contribution in [3.8, 4) is 0 Å². The molecule has 0 atom stereocenters. The van der Waals surface area contributed by atoms with Crippen molar-refractivity contribution >= 4 is 37.5 Å². The number of anilines is 1. The van der Waals surface area contributed by atoms with Crippen molar-refractivity contribution in [3.63, 3.8) is 0 Å². The summed E-state index contributed by atoms with van der Waals surface area (Å²) in [7, 11) is -1.66. The Labute approximate surface area is 138 Å². The number of thiazole rings is 1. The molecule has 1 aromatic carbocycles. The summed E-state index contributed by atoms with van der Waals surface area (Å²) in [5.74, 6) is 1.03. The van der Waals surface area contributed by atoms with Gasteiger partial charge in [0.1, 0.15) is 5.82 Å². The first-order chi connectivity index (χ1) is 10.9. The van der Waals surface area contributed by atoms with Crippen molar-refractivity contribution < 1.29 is 8.42 Å². The number of aryl methyl sites for hydroxylation is 2. The molecular formula is C14H17N5O2S2. The van der Waals surface area contributed by atoms with Crippen molar-refractivity contribution in [3.05, 3.63) is 36.3 Å². The maximum absolute atomic E-state index is 11.2. The second kappa shape index (κ2) is 6.26. The third-order valence-corrected chi connectivity index (χ3v) is 5.86. The lowest BCUT2D eigenvalue weighted by Crippen LogP contribution is -2.09. The second-order valence-electron chi connectivity index (χ2n) is 5.14. The first-order valence-electron chi connectivity index (χ1n) is 7.08. The average molecular weight is 351 g/mol. The fraction of sp³-hybridized carbons (Fsp3) is 0.286. The molecule has 2 heterocycles. The van der Waals surface area contributed by atoms with E-state index in [1.807, 2.05) is 25.2 Å². The molecule has 3 rings (SSSR count). The molecule has 122 valence electrons. The molecule has 0 unspecified atom stereocenters. The van der Waals surface area contributed by atoms with Crippen LogP contribution in [0.25, 0.3) is 11.0 Å². The Morgan fingerprint density at radius 1 is 1.35 bits per heavy atom. The molecule has 9 heteroatoms. The van der Waals surface area contributed by atoms with Gasteiger partial charge >= 0.3 is 0 Å². The van der Waals surface area contributed by atoms with Crippen molar-refractivity contribution in [1.82, 2.24) is 14.5 Å². The molecule has 0 aliphatic carbocycles. The zero-order chi connectivity index (χ0) is 16.4. The fourth-order valence-electron chi connectivity index (χ4n) is 2.33. The maximum atomic E-state index is 11.2. The van der Waals surface area contributed by atoms with Crippen molar-refractivity contribution in [2.24, 2.45) is 12.2 Å². The van der Waals surface area contributed by atoms with Gasteiger partial charge in [0.2, 0.25) is 10.0 Å². The Hall–Kier alpha value is -1.97. The van der Waals surface area contributed by atoms with Crippen LogP contribution in [0.5, 0.6) is 0 Å². The molecule has 0 saturated carbocycles. The van der Waals surface area contributed by atoms with E-state index in [1.165, 1.54) is 6.20 Å². The zero-order valence-electron chi connectivity index (χ0n) is 12.6. The molecule has 0 aliphatic rings. The zero-order valence-corrected chi connectivity index (χ0v) is 14.2. The van der Waals surface area contributed by atoms with Gasteiger partial charge in [0.25, 0.3) is 0 Å². The lowest BCUT2D eigenvalue weighted by molar-refractivity contribution is 0.599. The van der Waals surface area contributed by atoms with Gasteiger partial charge in [-0.1, -0.05) is 23.5 Å². The molecule has 0 bridgehead atoms. The number of primary sulfonamides is 1. The average Bonchev–Trinajstić information content (AvgIpc) is 3.10. The molecule has 2 aromatic heterocycles. The van der Waals surface area contributed by atoms with E-state index in [2.05, 4.69) is 25.9 Å². The Morgan fingerprint density at radius 3 is 2.83 bits per heavy atom. The number of nitrogens with zero attached hydrogens (tertiary/aromatic N) is 3. The monoisotopic (exact) mass is 351 g/mol. The summed E-state index contributed by atoms with van der Waals surface area (Å²) in [6, 6.07) is 8.03. The lowest BCUT2D eigenvalue weighted by atomic mass is 10.3. The number of nitrogens with one attached hydrogen (secondary N) is 1. The highest BCUT2D eigenvalue weighted by atomic mass is 32.2. The van der Waals surface area contributed by atoms with Crippen LogP contribution in [0, 0.1) is 0 Å². The highest BCUT2D eigenvalue weighted by Crippen LogP contribution is 2.21. The second-order valence-corrected chi connectivity index (χ2v) is 7.95. The van der Waals surface area contributed by atoms with E-state index in [0.717, 1.165) is 41.0 Å². The van der Waals surface area contributed by atoms with Crippen molar-refractivity contribution in [2.75, 3.05) is 11.9 Å². The SMILES string of the molecule is Cn1c(CCCNc2ncc(S(N)(=O)=O)s2)nc2ccccc21. The molecule has 0 amide bonds. The van der Waals surface area contributed by atoms with Crippen molar-refractivity contribution in [2.45, 2.75) is 17.1 Å². The highest BCUT2D eigenvalue weighted by molar-refractivity contribution is 7.91. The molecule has 3 N–H and O–H groups in total. The number of hydrogen-bond acceptors (Lipinski definition) is 6. The largest absolute Gasteiger partial charge is 0.361 e. The maximum Gasteiger partial charge on any atom is 0.249 e. The summed E-state index contributed by atoms with van der Waals surface area (Å²) < 4.78 is 24.5. The molecule has 0 radical (unpaired) electrons. The van der Waals surface area contributed by atoms with Crippen LogP contribution >= 0.6 is 11.3 Å². The van der Waals surface area contributed by atoms with Gasteiger partial charge < -0.3 is 9.88 Å². The third kappa shape index (κ3) is 3.52. The number of imidazole rings is 1.